The lowest BCUT2D eigenvalue weighted by Gasteiger charge is -2.25. The Morgan fingerprint density at radius 3 is 2.42 bits per heavy atom. The number of hydrogen-bond donors (Lipinski definition) is 1. The van der Waals surface area contributed by atoms with Gasteiger partial charge in [-0.1, -0.05) is 43.1 Å². The summed E-state index contributed by atoms with van der Waals surface area (Å²) in [6.07, 6.45) is 0.282. The van der Waals surface area contributed by atoms with Crippen LogP contribution in [0.3, 0.4) is 0 Å². The third-order valence-corrected chi connectivity index (χ3v) is 4.28. The number of nitrogens with one attached hydrogen (secondary N) is 1. The lowest BCUT2D eigenvalue weighted by molar-refractivity contribution is -0.0802. The number of aromatic nitrogens is 1. The lowest BCUT2D eigenvalue weighted by Crippen LogP contribution is -2.32. The summed E-state index contributed by atoms with van der Waals surface area (Å²) in [6, 6.07) is 0. The molecule has 0 radical (unpaired) electrons. The number of pyridine rings is 1. The normalized spacial score (nSPS) is 17.3. The first-order valence-corrected chi connectivity index (χ1v) is 8.29. The average molecular weight is 406 g/mol. The van der Waals surface area contributed by atoms with Crippen molar-refractivity contribution in [3.05, 3.63) is 51.4 Å². The highest BCUT2D eigenvalue weighted by Crippen LogP contribution is 2.35. The van der Waals surface area contributed by atoms with E-state index in [9.17, 15) is 18.0 Å². The van der Waals surface area contributed by atoms with Crippen molar-refractivity contribution in [3.63, 3.8) is 0 Å². The minimum absolute atomic E-state index is 0.0527. The average Bonchev–Trinajstić information content (AvgIpc) is 2.78. The minimum Gasteiger partial charge on any atom is -0.363 e. The summed E-state index contributed by atoms with van der Waals surface area (Å²) in [5.74, 6) is -0.442. The summed E-state index contributed by atoms with van der Waals surface area (Å²) in [4.78, 5) is 17.9. The van der Waals surface area contributed by atoms with Crippen LogP contribution in [0.25, 0.3) is 0 Å². The fourth-order valence-corrected chi connectivity index (χ4v) is 3.36. The van der Waals surface area contributed by atoms with Crippen LogP contribution >= 0.6 is 23.2 Å². The van der Waals surface area contributed by atoms with Crippen molar-refractivity contribution < 1.29 is 18.0 Å². The maximum absolute atomic E-state index is 12.8. The van der Waals surface area contributed by atoms with Crippen molar-refractivity contribution in [1.29, 1.82) is 5.41 Å². The molecule has 0 atom stereocenters. The molecule has 2 heterocycles. The molecule has 9 heteroatoms. The van der Waals surface area contributed by atoms with Crippen molar-refractivity contribution in [1.82, 2.24) is 9.88 Å². The first kappa shape index (κ1) is 20.5. The maximum Gasteiger partial charge on any atom is 0.410 e. The topological polar surface area (TPSA) is 57.1 Å². The molecule has 1 aliphatic rings. The Labute approximate surface area is 158 Å². The second-order valence-corrected chi connectivity index (χ2v) is 7.38. The van der Waals surface area contributed by atoms with Gasteiger partial charge in [0, 0.05) is 47.9 Å². The number of halogens is 5. The van der Waals surface area contributed by atoms with Crippen LogP contribution in [0, 0.1) is 10.8 Å². The number of carbonyl (C=O) groups is 1. The van der Waals surface area contributed by atoms with E-state index in [1.807, 2.05) is 13.8 Å². The zero-order chi connectivity index (χ0) is 19.7. The summed E-state index contributed by atoms with van der Waals surface area (Å²) in [7, 11) is 0. The standard InChI is InChI=1S/C17H16Cl2F3N3O/c1-16(2)4-13(10(5-23)3-17(20,21)22)25(9-16)8-14(26)15-11(18)6-24-7-12(15)19/h3-7,23H,8-9H2,1-2H3/b10-3-,23-5?. The smallest absolute Gasteiger partial charge is 0.363 e. The van der Waals surface area contributed by atoms with Crippen molar-refractivity contribution >= 4 is 35.2 Å². The molecule has 0 amide bonds. The second-order valence-electron chi connectivity index (χ2n) is 6.56. The van der Waals surface area contributed by atoms with Crippen LogP contribution in [0.15, 0.2) is 35.8 Å². The molecule has 1 aromatic heterocycles. The van der Waals surface area contributed by atoms with Gasteiger partial charge in [0.25, 0.3) is 0 Å². The minimum atomic E-state index is -4.58. The summed E-state index contributed by atoms with van der Waals surface area (Å²) < 4.78 is 38.3. The molecule has 4 nitrogen and oxygen atoms in total. The summed E-state index contributed by atoms with van der Waals surface area (Å²) >= 11 is 12.0. The number of alkyl halides is 3. The number of allylic oxidation sites excluding steroid dienone is 2. The molecule has 1 aromatic rings. The molecule has 0 saturated heterocycles. The molecule has 0 saturated carbocycles. The molecule has 0 spiro atoms. The van der Waals surface area contributed by atoms with Crippen LogP contribution in [-0.2, 0) is 0 Å². The van der Waals surface area contributed by atoms with E-state index < -0.39 is 17.4 Å². The van der Waals surface area contributed by atoms with E-state index in [2.05, 4.69) is 4.98 Å². The number of ketones is 1. The van der Waals surface area contributed by atoms with Crippen molar-refractivity contribution in [2.45, 2.75) is 20.0 Å². The fourth-order valence-electron chi connectivity index (χ4n) is 2.79. The van der Waals surface area contributed by atoms with E-state index in [4.69, 9.17) is 28.6 Å². The first-order valence-electron chi connectivity index (χ1n) is 7.54. The third kappa shape index (κ3) is 4.86. The molecule has 1 N–H and O–H groups in total. The van der Waals surface area contributed by atoms with E-state index in [-0.39, 0.29) is 39.5 Å². The van der Waals surface area contributed by atoms with Gasteiger partial charge in [-0.15, -0.1) is 0 Å². The summed E-state index contributed by atoms with van der Waals surface area (Å²) in [5.41, 5.74) is -0.529. The molecule has 140 valence electrons. The zero-order valence-corrected chi connectivity index (χ0v) is 15.5. The van der Waals surface area contributed by atoms with Gasteiger partial charge in [-0.05, 0) is 0 Å². The van der Waals surface area contributed by atoms with Gasteiger partial charge < -0.3 is 10.3 Å². The van der Waals surface area contributed by atoms with Gasteiger partial charge in [0.05, 0.1) is 22.2 Å². The number of hydrogen-bond acceptors (Lipinski definition) is 4. The molecule has 1 aliphatic heterocycles. The molecule has 0 unspecified atom stereocenters. The highest BCUT2D eigenvalue weighted by molar-refractivity contribution is 6.39. The molecule has 0 aromatic carbocycles. The van der Waals surface area contributed by atoms with Gasteiger partial charge >= 0.3 is 6.18 Å². The lowest BCUT2D eigenvalue weighted by atomic mass is 9.95. The van der Waals surface area contributed by atoms with Gasteiger partial charge in [0.2, 0.25) is 0 Å². The monoisotopic (exact) mass is 405 g/mol. The molecule has 0 aliphatic carbocycles. The van der Waals surface area contributed by atoms with Crippen LogP contribution in [-0.4, -0.2) is 41.1 Å². The van der Waals surface area contributed by atoms with Gasteiger partial charge in [0.1, 0.15) is 0 Å². The van der Waals surface area contributed by atoms with Crippen LogP contribution in [0.4, 0.5) is 13.2 Å². The van der Waals surface area contributed by atoms with Gasteiger partial charge in [-0.3, -0.25) is 9.78 Å². The van der Waals surface area contributed by atoms with Crippen LogP contribution in [0.2, 0.25) is 10.0 Å². The Morgan fingerprint density at radius 2 is 1.92 bits per heavy atom. The van der Waals surface area contributed by atoms with Gasteiger partial charge in [-0.2, -0.15) is 13.2 Å². The van der Waals surface area contributed by atoms with Crippen molar-refractivity contribution in [2.75, 3.05) is 13.1 Å². The van der Waals surface area contributed by atoms with Gasteiger partial charge in [0.15, 0.2) is 5.78 Å². The predicted octanol–water partition coefficient (Wildman–Crippen LogP) is 4.94. The van der Waals surface area contributed by atoms with E-state index >= 15 is 0 Å². The van der Waals surface area contributed by atoms with Crippen molar-refractivity contribution in [3.8, 4) is 0 Å². The largest absolute Gasteiger partial charge is 0.410 e. The second kappa shape index (κ2) is 7.40. The van der Waals surface area contributed by atoms with E-state index in [1.165, 1.54) is 17.3 Å². The Morgan fingerprint density at radius 1 is 1.35 bits per heavy atom. The summed E-state index contributed by atoms with van der Waals surface area (Å²) in [6.45, 7) is 3.76. The molecule has 0 bridgehead atoms. The van der Waals surface area contributed by atoms with Crippen LogP contribution < -0.4 is 0 Å². The Balaban J connectivity index is 2.36. The highest BCUT2D eigenvalue weighted by Gasteiger charge is 2.34. The Kier molecular flexibility index (Phi) is 5.82. The van der Waals surface area contributed by atoms with E-state index in [0.29, 0.717) is 12.8 Å². The third-order valence-electron chi connectivity index (χ3n) is 3.70. The van der Waals surface area contributed by atoms with E-state index in [0.717, 1.165) is 0 Å². The van der Waals surface area contributed by atoms with Crippen LogP contribution in [0.5, 0.6) is 0 Å². The predicted molar refractivity (Wildman–Crippen MR) is 94.9 cm³/mol. The quantitative estimate of drug-likeness (QED) is 0.557. The van der Waals surface area contributed by atoms with Gasteiger partial charge in [-0.25, -0.2) is 0 Å². The van der Waals surface area contributed by atoms with Crippen molar-refractivity contribution in [2.24, 2.45) is 5.41 Å². The molecular formula is C17H16Cl2F3N3O. The molecule has 2 rings (SSSR count). The molecular weight excluding hydrogens is 390 g/mol. The summed E-state index contributed by atoms with van der Waals surface area (Å²) in [5, 5.41) is 7.49. The van der Waals surface area contributed by atoms with Crippen LogP contribution in [0.1, 0.15) is 24.2 Å². The number of rotatable bonds is 5. The first-order chi connectivity index (χ1) is 11.9. The zero-order valence-electron chi connectivity index (χ0n) is 14.0. The number of nitrogens with zero attached hydrogens (tertiary/aromatic N) is 2. The number of Topliss-reactive ketones (excluding diaryl/α,β-unsaturated/α-hetero) is 1. The highest BCUT2D eigenvalue weighted by atomic mass is 35.5. The molecule has 0 fully saturated rings. The Hall–Kier alpha value is -1.86. The van der Waals surface area contributed by atoms with E-state index in [1.54, 1.807) is 6.08 Å². The maximum atomic E-state index is 12.8. The SMILES string of the molecule is CC1(C)C=C(/C(C=N)=C\C(F)(F)F)N(CC(=O)c2c(Cl)cncc2Cl)C1. The molecule has 26 heavy (non-hydrogen) atoms. The fraction of sp³-hybridized carbons (Fsp3) is 0.353. The Bertz CT molecular complexity index is 781. The number of carbonyl (C=O) groups excluding carboxylic acids is 1.